The normalized spacial score (nSPS) is 16.6. The third-order valence-corrected chi connectivity index (χ3v) is 4.59. The predicted molar refractivity (Wildman–Crippen MR) is 88.0 cm³/mol. The van der Waals surface area contributed by atoms with Crippen LogP contribution in [0.15, 0.2) is 29.7 Å². The van der Waals surface area contributed by atoms with E-state index in [4.69, 9.17) is 0 Å². The van der Waals surface area contributed by atoms with Crippen molar-refractivity contribution in [3.8, 4) is 0 Å². The molecule has 3 rings (SSSR count). The zero-order chi connectivity index (χ0) is 16.2. The molecule has 1 aliphatic heterocycles. The highest BCUT2D eigenvalue weighted by atomic mass is 16.1. The number of hydrogen-bond acceptors (Lipinski definition) is 5. The SMILES string of the molecule is Cc1nccnc1CN1CCC(Cn2cncc(C)c2=O)CC1. The average Bonchev–Trinajstić information content (AvgIpc) is 2.56. The smallest absolute Gasteiger partial charge is 0.256 e. The number of aromatic nitrogens is 4. The molecule has 0 saturated carbocycles. The molecular weight excluding hydrogens is 290 g/mol. The zero-order valence-corrected chi connectivity index (χ0v) is 13.8. The van der Waals surface area contributed by atoms with E-state index in [1.54, 1.807) is 29.5 Å². The van der Waals surface area contributed by atoms with Crippen molar-refractivity contribution in [1.82, 2.24) is 24.4 Å². The quantitative estimate of drug-likeness (QED) is 0.857. The lowest BCUT2D eigenvalue weighted by Gasteiger charge is -2.32. The second-order valence-electron chi connectivity index (χ2n) is 6.34. The molecule has 0 unspecified atom stereocenters. The van der Waals surface area contributed by atoms with Crippen LogP contribution in [-0.4, -0.2) is 37.5 Å². The fourth-order valence-electron chi connectivity index (χ4n) is 3.10. The average molecular weight is 313 g/mol. The number of nitrogens with zero attached hydrogens (tertiary/aromatic N) is 5. The van der Waals surface area contributed by atoms with Gasteiger partial charge in [-0.25, -0.2) is 4.98 Å². The molecule has 0 spiro atoms. The van der Waals surface area contributed by atoms with Crippen molar-refractivity contribution in [1.29, 1.82) is 0 Å². The van der Waals surface area contributed by atoms with Gasteiger partial charge in [-0.3, -0.25) is 24.2 Å². The van der Waals surface area contributed by atoms with Crippen molar-refractivity contribution in [3.05, 3.63) is 52.2 Å². The maximum atomic E-state index is 12.1. The fourth-order valence-corrected chi connectivity index (χ4v) is 3.10. The van der Waals surface area contributed by atoms with Crippen molar-refractivity contribution >= 4 is 0 Å². The van der Waals surface area contributed by atoms with Gasteiger partial charge in [-0.15, -0.1) is 0 Å². The van der Waals surface area contributed by atoms with Gasteiger partial charge < -0.3 is 0 Å². The van der Waals surface area contributed by atoms with Crippen LogP contribution in [0.5, 0.6) is 0 Å². The molecule has 0 amide bonds. The first-order chi connectivity index (χ1) is 11.1. The number of piperidine rings is 1. The summed E-state index contributed by atoms with van der Waals surface area (Å²) in [4.78, 5) is 27.4. The van der Waals surface area contributed by atoms with Gasteiger partial charge in [0.2, 0.25) is 0 Å². The third-order valence-electron chi connectivity index (χ3n) is 4.59. The molecule has 1 aliphatic rings. The Labute approximate surface area is 136 Å². The largest absolute Gasteiger partial charge is 0.299 e. The first-order valence-electron chi connectivity index (χ1n) is 8.13. The van der Waals surface area contributed by atoms with Gasteiger partial charge in [0.25, 0.3) is 5.56 Å². The Morgan fingerprint density at radius 1 is 1.17 bits per heavy atom. The Bertz CT molecular complexity index is 719. The van der Waals surface area contributed by atoms with Gasteiger partial charge in [-0.2, -0.15) is 0 Å². The molecule has 0 N–H and O–H groups in total. The predicted octanol–water partition coefficient (Wildman–Crippen LogP) is 1.56. The molecule has 23 heavy (non-hydrogen) atoms. The first-order valence-corrected chi connectivity index (χ1v) is 8.13. The molecule has 6 nitrogen and oxygen atoms in total. The summed E-state index contributed by atoms with van der Waals surface area (Å²) in [5, 5.41) is 0. The van der Waals surface area contributed by atoms with E-state index in [0.29, 0.717) is 11.5 Å². The van der Waals surface area contributed by atoms with Gasteiger partial charge in [-0.05, 0) is 45.7 Å². The van der Waals surface area contributed by atoms with Crippen molar-refractivity contribution in [3.63, 3.8) is 0 Å². The maximum absolute atomic E-state index is 12.1. The molecule has 0 aliphatic carbocycles. The van der Waals surface area contributed by atoms with E-state index >= 15 is 0 Å². The lowest BCUT2D eigenvalue weighted by Crippen LogP contribution is -2.36. The number of rotatable bonds is 4. The molecular formula is C17H23N5O. The van der Waals surface area contributed by atoms with Crippen LogP contribution >= 0.6 is 0 Å². The zero-order valence-electron chi connectivity index (χ0n) is 13.8. The van der Waals surface area contributed by atoms with Gasteiger partial charge in [0.15, 0.2) is 0 Å². The van der Waals surface area contributed by atoms with Crippen molar-refractivity contribution in [2.75, 3.05) is 13.1 Å². The van der Waals surface area contributed by atoms with Crippen LogP contribution < -0.4 is 5.56 Å². The highest BCUT2D eigenvalue weighted by Crippen LogP contribution is 2.20. The second-order valence-corrected chi connectivity index (χ2v) is 6.34. The fraction of sp³-hybridized carbons (Fsp3) is 0.529. The maximum Gasteiger partial charge on any atom is 0.256 e. The van der Waals surface area contributed by atoms with Gasteiger partial charge in [-0.1, -0.05) is 0 Å². The van der Waals surface area contributed by atoms with E-state index in [1.807, 2.05) is 13.8 Å². The van der Waals surface area contributed by atoms with Crippen molar-refractivity contribution in [2.45, 2.75) is 39.8 Å². The summed E-state index contributed by atoms with van der Waals surface area (Å²) >= 11 is 0. The van der Waals surface area contributed by atoms with Crippen molar-refractivity contribution in [2.24, 2.45) is 5.92 Å². The summed E-state index contributed by atoms with van der Waals surface area (Å²) < 4.78 is 1.75. The first kappa shape index (κ1) is 15.8. The third kappa shape index (κ3) is 3.82. The molecule has 0 atom stereocenters. The summed E-state index contributed by atoms with van der Waals surface area (Å²) in [5.74, 6) is 0.538. The number of likely N-dealkylation sites (tertiary alicyclic amines) is 1. The molecule has 3 heterocycles. The lowest BCUT2D eigenvalue weighted by molar-refractivity contribution is 0.164. The monoisotopic (exact) mass is 313 g/mol. The molecule has 2 aromatic heterocycles. The minimum atomic E-state index is 0.0811. The van der Waals surface area contributed by atoms with Crippen LogP contribution in [0.25, 0.3) is 0 Å². The van der Waals surface area contributed by atoms with Crippen LogP contribution in [0.1, 0.15) is 29.8 Å². The topological polar surface area (TPSA) is 63.9 Å². The van der Waals surface area contributed by atoms with Gasteiger partial charge in [0.05, 0.1) is 17.7 Å². The van der Waals surface area contributed by atoms with Crippen molar-refractivity contribution < 1.29 is 0 Å². The Balaban J connectivity index is 1.55. The van der Waals surface area contributed by atoms with E-state index in [2.05, 4.69) is 19.9 Å². The summed E-state index contributed by atoms with van der Waals surface area (Å²) in [6, 6.07) is 0. The van der Waals surface area contributed by atoms with E-state index in [-0.39, 0.29) is 5.56 Å². The van der Waals surface area contributed by atoms with Gasteiger partial charge >= 0.3 is 0 Å². The number of aryl methyl sites for hydroxylation is 2. The molecule has 1 saturated heterocycles. The standard InChI is InChI=1S/C17H23N5O/c1-13-9-18-12-22(17(13)23)10-15-3-7-21(8-4-15)11-16-14(2)19-5-6-20-16/h5-6,9,12,15H,3-4,7-8,10-11H2,1-2H3. The van der Waals surface area contributed by atoms with E-state index in [1.165, 1.54) is 0 Å². The Morgan fingerprint density at radius 2 is 1.91 bits per heavy atom. The Morgan fingerprint density at radius 3 is 2.65 bits per heavy atom. The van der Waals surface area contributed by atoms with Crippen LogP contribution in [0.4, 0.5) is 0 Å². The molecule has 1 fully saturated rings. The highest BCUT2D eigenvalue weighted by molar-refractivity contribution is 5.08. The van der Waals surface area contributed by atoms with E-state index in [0.717, 1.165) is 50.4 Å². The molecule has 6 heteroatoms. The van der Waals surface area contributed by atoms with Crippen LogP contribution in [0, 0.1) is 19.8 Å². The molecule has 0 aromatic carbocycles. The molecule has 2 aromatic rings. The van der Waals surface area contributed by atoms with E-state index < -0.39 is 0 Å². The molecule has 0 radical (unpaired) electrons. The van der Waals surface area contributed by atoms with Gasteiger partial charge in [0, 0.05) is 37.2 Å². The highest BCUT2D eigenvalue weighted by Gasteiger charge is 2.21. The summed E-state index contributed by atoms with van der Waals surface area (Å²) in [6.07, 6.45) is 8.97. The van der Waals surface area contributed by atoms with Crippen LogP contribution in [0.2, 0.25) is 0 Å². The second kappa shape index (κ2) is 7.00. The minimum Gasteiger partial charge on any atom is -0.299 e. The Kier molecular flexibility index (Phi) is 4.81. The Hall–Kier alpha value is -2.08. The minimum absolute atomic E-state index is 0.0811. The summed E-state index contributed by atoms with van der Waals surface area (Å²) in [6.45, 7) is 7.52. The number of hydrogen-bond donors (Lipinski definition) is 0. The van der Waals surface area contributed by atoms with E-state index in [9.17, 15) is 4.79 Å². The summed E-state index contributed by atoms with van der Waals surface area (Å²) in [5.41, 5.74) is 2.86. The summed E-state index contributed by atoms with van der Waals surface area (Å²) in [7, 11) is 0. The molecule has 122 valence electrons. The van der Waals surface area contributed by atoms with Crippen LogP contribution in [0.3, 0.4) is 0 Å². The molecule has 0 bridgehead atoms. The lowest BCUT2D eigenvalue weighted by atomic mass is 9.96. The van der Waals surface area contributed by atoms with Crippen LogP contribution in [-0.2, 0) is 13.1 Å². The van der Waals surface area contributed by atoms with Gasteiger partial charge in [0.1, 0.15) is 0 Å².